The lowest BCUT2D eigenvalue weighted by molar-refractivity contribution is 0.879. The van der Waals surface area contributed by atoms with Crippen LogP contribution in [0.3, 0.4) is 0 Å². The molecule has 1 aromatic carbocycles. The summed E-state index contributed by atoms with van der Waals surface area (Å²) in [6, 6.07) is 5.92. The van der Waals surface area contributed by atoms with Gasteiger partial charge in [-0.05, 0) is 53.3 Å². The number of benzene rings is 1. The highest BCUT2D eigenvalue weighted by Gasteiger charge is 2.04. The van der Waals surface area contributed by atoms with Crippen LogP contribution in [0.1, 0.15) is 11.1 Å². The summed E-state index contributed by atoms with van der Waals surface area (Å²) < 4.78 is 2.94. The average molecular weight is 343 g/mol. The smallest absolute Gasteiger partial charge is 0.104 e. The third-order valence-electron chi connectivity index (χ3n) is 2.29. The van der Waals surface area contributed by atoms with Crippen molar-refractivity contribution in [1.29, 1.82) is 0 Å². The summed E-state index contributed by atoms with van der Waals surface area (Å²) in [6.07, 6.45) is 3.78. The summed E-state index contributed by atoms with van der Waals surface area (Å²) in [5.74, 6) is 0. The van der Waals surface area contributed by atoms with E-state index < -0.39 is 0 Å². The third kappa shape index (κ3) is 2.25. The number of rotatable bonds is 2. The minimum atomic E-state index is 0.430. The molecule has 0 fully saturated rings. The van der Waals surface area contributed by atoms with Crippen molar-refractivity contribution in [2.24, 2.45) is 5.73 Å². The topological polar surface area (TPSA) is 43.8 Å². The fourth-order valence-electron chi connectivity index (χ4n) is 1.51. The van der Waals surface area contributed by atoms with Gasteiger partial charge in [0.05, 0.1) is 15.5 Å². The molecule has 0 saturated carbocycles. The van der Waals surface area contributed by atoms with Crippen LogP contribution < -0.4 is 5.73 Å². The van der Waals surface area contributed by atoms with E-state index in [0.717, 1.165) is 20.4 Å². The molecule has 0 radical (unpaired) electrons. The molecule has 0 unspecified atom stereocenters. The van der Waals surface area contributed by atoms with Gasteiger partial charge in [-0.1, -0.05) is 12.2 Å². The second kappa shape index (κ2) is 4.50. The van der Waals surface area contributed by atoms with Crippen LogP contribution in [-0.2, 0) is 0 Å². The number of thiocarbonyl (C=S) groups is 1. The molecule has 2 aromatic rings. The summed E-state index contributed by atoms with van der Waals surface area (Å²) >= 11 is 7.20. The maximum Gasteiger partial charge on any atom is 0.104 e. The van der Waals surface area contributed by atoms with Crippen molar-refractivity contribution in [1.82, 2.24) is 9.78 Å². The fourth-order valence-corrected chi connectivity index (χ4v) is 2.13. The molecule has 82 valence electrons. The van der Waals surface area contributed by atoms with Gasteiger partial charge in [-0.3, -0.25) is 0 Å². The maximum atomic E-state index is 5.62. The molecular weight excluding hydrogens is 333 g/mol. The first kappa shape index (κ1) is 11.5. The Bertz CT molecular complexity index is 548. The molecule has 16 heavy (non-hydrogen) atoms. The Labute approximate surface area is 113 Å². The first-order valence-corrected chi connectivity index (χ1v) is 6.17. The molecule has 0 saturated heterocycles. The van der Waals surface area contributed by atoms with E-state index in [0.29, 0.717) is 4.99 Å². The Morgan fingerprint density at radius 2 is 2.25 bits per heavy atom. The van der Waals surface area contributed by atoms with E-state index in [1.165, 1.54) is 0 Å². The van der Waals surface area contributed by atoms with Crippen LogP contribution in [0.15, 0.2) is 30.6 Å². The van der Waals surface area contributed by atoms with Gasteiger partial charge < -0.3 is 5.73 Å². The van der Waals surface area contributed by atoms with Crippen molar-refractivity contribution in [2.75, 3.05) is 0 Å². The van der Waals surface area contributed by atoms with Gasteiger partial charge in [0.25, 0.3) is 0 Å². The second-order valence-corrected chi connectivity index (χ2v) is 5.15. The zero-order valence-electron chi connectivity index (χ0n) is 8.64. The van der Waals surface area contributed by atoms with Gasteiger partial charge in [0.15, 0.2) is 0 Å². The van der Waals surface area contributed by atoms with E-state index in [9.17, 15) is 0 Å². The van der Waals surface area contributed by atoms with Gasteiger partial charge in [0.2, 0.25) is 0 Å². The van der Waals surface area contributed by atoms with E-state index >= 15 is 0 Å². The monoisotopic (exact) mass is 343 g/mol. The van der Waals surface area contributed by atoms with Crippen LogP contribution in [0.4, 0.5) is 0 Å². The van der Waals surface area contributed by atoms with Crippen LogP contribution in [0.5, 0.6) is 0 Å². The molecule has 0 atom stereocenters. The standard InChI is InChI=1S/C11H10IN3S/c1-7-4-9(2-3-10(7)11(13)16)15-6-8(12)5-14-15/h2-6H,1H3,(H2,13,16). The van der Waals surface area contributed by atoms with Crippen LogP contribution in [0, 0.1) is 10.5 Å². The highest BCUT2D eigenvalue weighted by atomic mass is 127. The lowest BCUT2D eigenvalue weighted by Crippen LogP contribution is -2.11. The molecular formula is C11H10IN3S. The van der Waals surface area contributed by atoms with Gasteiger partial charge >= 0.3 is 0 Å². The van der Waals surface area contributed by atoms with Crippen molar-refractivity contribution in [3.05, 3.63) is 45.3 Å². The van der Waals surface area contributed by atoms with E-state index in [2.05, 4.69) is 27.7 Å². The largest absolute Gasteiger partial charge is 0.389 e. The van der Waals surface area contributed by atoms with E-state index in [1.54, 1.807) is 0 Å². The molecule has 2 N–H and O–H groups in total. The molecule has 0 aliphatic rings. The van der Waals surface area contributed by atoms with Gasteiger partial charge in [0, 0.05) is 11.8 Å². The molecule has 0 bridgehead atoms. The minimum absolute atomic E-state index is 0.430. The van der Waals surface area contributed by atoms with Crippen molar-refractivity contribution in [3.8, 4) is 5.69 Å². The minimum Gasteiger partial charge on any atom is -0.389 e. The lowest BCUT2D eigenvalue weighted by Gasteiger charge is -2.07. The predicted molar refractivity (Wildman–Crippen MR) is 76.9 cm³/mol. The summed E-state index contributed by atoms with van der Waals surface area (Å²) in [6.45, 7) is 1.99. The van der Waals surface area contributed by atoms with E-state index in [1.807, 2.05) is 42.2 Å². The van der Waals surface area contributed by atoms with Crippen LogP contribution in [0.2, 0.25) is 0 Å². The Kier molecular flexibility index (Phi) is 3.25. The SMILES string of the molecule is Cc1cc(-n2cc(I)cn2)ccc1C(N)=S. The van der Waals surface area contributed by atoms with Gasteiger partial charge in [-0.15, -0.1) is 0 Å². The van der Waals surface area contributed by atoms with Crippen LogP contribution in [-0.4, -0.2) is 14.8 Å². The molecule has 0 amide bonds. The number of hydrogen-bond acceptors (Lipinski definition) is 2. The first-order chi connectivity index (χ1) is 7.58. The number of halogens is 1. The third-order valence-corrected chi connectivity index (χ3v) is 3.07. The Morgan fingerprint density at radius 3 is 2.75 bits per heavy atom. The molecule has 1 aromatic heterocycles. The molecule has 3 nitrogen and oxygen atoms in total. The second-order valence-electron chi connectivity index (χ2n) is 3.47. The normalized spacial score (nSPS) is 10.4. The Hall–Kier alpha value is -0.950. The lowest BCUT2D eigenvalue weighted by atomic mass is 10.1. The van der Waals surface area contributed by atoms with Gasteiger partial charge in [-0.2, -0.15) is 5.10 Å². The molecule has 0 aliphatic carbocycles. The quantitative estimate of drug-likeness (QED) is 0.673. The predicted octanol–water partition coefficient (Wildman–Crippen LogP) is 2.42. The summed E-state index contributed by atoms with van der Waals surface area (Å²) in [4.78, 5) is 0.430. The number of hydrogen-bond donors (Lipinski definition) is 1. The summed E-state index contributed by atoms with van der Waals surface area (Å²) in [7, 11) is 0. The first-order valence-electron chi connectivity index (χ1n) is 4.69. The van der Waals surface area contributed by atoms with Crippen LogP contribution >= 0.6 is 34.8 Å². The Balaban J connectivity index is 2.45. The van der Waals surface area contributed by atoms with Crippen molar-refractivity contribution < 1.29 is 0 Å². The van der Waals surface area contributed by atoms with E-state index in [4.69, 9.17) is 18.0 Å². The number of nitrogens with two attached hydrogens (primary N) is 1. The molecule has 5 heteroatoms. The summed E-state index contributed by atoms with van der Waals surface area (Å²) in [5, 5.41) is 4.25. The molecule has 0 aliphatic heterocycles. The number of aromatic nitrogens is 2. The maximum absolute atomic E-state index is 5.62. The Morgan fingerprint density at radius 1 is 1.50 bits per heavy atom. The van der Waals surface area contributed by atoms with Crippen molar-refractivity contribution >= 4 is 39.8 Å². The average Bonchev–Trinajstić information content (AvgIpc) is 2.64. The van der Waals surface area contributed by atoms with Crippen molar-refractivity contribution in [3.63, 3.8) is 0 Å². The zero-order chi connectivity index (χ0) is 11.7. The molecule has 1 heterocycles. The molecule has 2 rings (SSSR count). The van der Waals surface area contributed by atoms with Gasteiger partial charge in [0.1, 0.15) is 4.99 Å². The van der Waals surface area contributed by atoms with E-state index in [-0.39, 0.29) is 0 Å². The molecule has 0 spiro atoms. The number of aryl methyl sites for hydroxylation is 1. The van der Waals surface area contributed by atoms with Crippen LogP contribution in [0.25, 0.3) is 5.69 Å². The summed E-state index contributed by atoms with van der Waals surface area (Å²) in [5.41, 5.74) is 8.61. The van der Waals surface area contributed by atoms with Crippen molar-refractivity contribution in [2.45, 2.75) is 6.92 Å². The highest BCUT2D eigenvalue weighted by Crippen LogP contribution is 2.15. The fraction of sp³-hybridized carbons (Fsp3) is 0.0909. The zero-order valence-corrected chi connectivity index (χ0v) is 11.6. The number of nitrogens with zero attached hydrogens (tertiary/aromatic N) is 2. The highest BCUT2D eigenvalue weighted by molar-refractivity contribution is 14.1. The van der Waals surface area contributed by atoms with Gasteiger partial charge in [-0.25, -0.2) is 4.68 Å².